The van der Waals surface area contributed by atoms with Crippen molar-refractivity contribution >= 4 is 0 Å². The van der Waals surface area contributed by atoms with Crippen molar-refractivity contribution in [3.8, 4) is 0 Å². The van der Waals surface area contributed by atoms with Crippen LogP contribution in [-0.2, 0) is 19.4 Å². The number of hydrogen-bond donors (Lipinski definition) is 1. The summed E-state index contributed by atoms with van der Waals surface area (Å²) in [6.45, 7) is 3.17. The van der Waals surface area contributed by atoms with Gasteiger partial charge in [-0.15, -0.1) is 0 Å². The first-order valence-electron chi connectivity index (χ1n) is 6.72. The third-order valence-corrected chi connectivity index (χ3v) is 3.34. The summed E-state index contributed by atoms with van der Waals surface area (Å²) in [5.74, 6) is 0. The molecule has 2 aromatic rings. The van der Waals surface area contributed by atoms with Crippen LogP contribution < -0.4 is 5.73 Å². The topological polar surface area (TPSA) is 30.9 Å². The van der Waals surface area contributed by atoms with Gasteiger partial charge in [-0.1, -0.05) is 37.3 Å². The lowest BCUT2D eigenvalue weighted by atomic mass is 10.1. The Morgan fingerprint density at radius 3 is 2.61 bits per heavy atom. The highest BCUT2D eigenvalue weighted by molar-refractivity contribution is 5.16. The highest BCUT2D eigenvalue weighted by Crippen LogP contribution is 2.08. The second kappa shape index (κ2) is 6.41. The number of hydrogen-bond acceptors (Lipinski definition) is 1. The van der Waals surface area contributed by atoms with Crippen molar-refractivity contribution in [1.29, 1.82) is 0 Å². The second-order valence-corrected chi connectivity index (χ2v) is 4.87. The molecule has 2 N–H and O–H groups in total. The molecule has 0 spiro atoms. The molecule has 2 rings (SSSR count). The van der Waals surface area contributed by atoms with Crippen molar-refractivity contribution in [2.24, 2.45) is 5.73 Å². The molecule has 0 bridgehead atoms. The highest BCUT2D eigenvalue weighted by atomic mass is 14.9. The fourth-order valence-corrected chi connectivity index (χ4v) is 2.10. The van der Waals surface area contributed by atoms with E-state index in [1.165, 1.54) is 11.1 Å². The molecule has 1 aromatic carbocycles. The minimum atomic E-state index is 0.287. The number of nitrogens with zero attached hydrogens (tertiary/aromatic N) is 1. The highest BCUT2D eigenvalue weighted by Gasteiger charge is 2.03. The first-order valence-corrected chi connectivity index (χ1v) is 6.72. The summed E-state index contributed by atoms with van der Waals surface area (Å²) in [4.78, 5) is 0. The van der Waals surface area contributed by atoms with Crippen LogP contribution in [0.15, 0.2) is 48.8 Å². The van der Waals surface area contributed by atoms with E-state index in [-0.39, 0.29) is 6.04 Å². The van der Waals surface area contributed by atoms with E-state index >= 15 is 0 Å². The predicted octanol–water partition coefficient (Wildman–Crippen LogP) is 3.01. The van der Waals surface area contributed by atoms with Crippen molar-refractivity contribution in [3.05, 3.63) is 59.9 Å². The molecule has 0 saturated heterocycles. The quantitative estimate of drug-likeness (QED) is 0.829. The maximum atomic E-state index is 5.97. The van der Waals surface area contributed by atoms with Crippen molar-refractivity contribution in [1.82, 2.24) is 4.57 Å². The maximum Gasteiger partial charge on any atom is 0.0260 e. The Hall–Kier alpha value is -1.54. The lowest BCUT2D eigenvalue weighted by Gasteiger charge is -2.06. The maximum absolute atomic E-state index is 5.97. The Balaban J connectivity index is 1.87. The Kier molecular flexibility index (Phi) is 4.59. The molecule has 0 fully saturated rings. The molecule has 1 atom stereocenters. The molecule has 18 heavy (non-hydrogen) atoms. The molecule has 0 radical (unpaired) electrons. The molecule has 2 heteroatoms. The average Bonchev–Trinajstić information content (AvgIpc) is 2.85. The van der Waals surface area contributed by atoms with E-state index < -0.39 is 0 Å². The molecule has 96 valence electrons. The van der Waals surface area contributed by atoms with Gasteiger partial charge in [0.25, 0.3) is 0 Å². The van der Waals surface area contributed by atoms with Gasteiger partial charge in [-0.05, 0) is 36.5 Å². The van der Waals surface area contributed by atoms with Crippen LogP contribution in [0.25, 0.3) is 0 Å². The number of aryl methyl sites for hydroxylation is 2. The molecule has 1 heterocycles. The molecular weight excluding hydrogens is 220 g/mol. The molecule has 2 nitrogen and oxygen atoms in total. The second-order valence-electron chi connectivity index (χ2n) is 4.87. The Morgan fingerprint density at radius 2 is 1.89 bits per heavy atom. The standard InChI is InChI=1S/C16H22N2/c1-2-16(17)12-15-9-11-18(13-15)10-8-14-6-4-3-5-7-14/h3-7,9,11,13,16H,2,8,10,12,17H2,1H3. The zero-order chi connectivity index (χ0) is 12.8. The normalized spacial score (nSPS) is 12.6. The fraction of sp³-hybridized carbons (Fsp3) is 0.375. The number of nitrogens with two attached hydrogens (primary N) is 1. The lowest BCUT2D eigenvalue weighted by Crippen LogP contribution is -2.21. The van der Waals surface area contributed by atoms with Gasteiger partial charge in [0.15, 0.2) is 0 Å². The molecule has 1 aromatic heterocycles. The summed E-state index contributed by atoms with van der Waals surface area (Å²) in [7, 11) is 0. The Labute approximate surface area is 109 Å². The van der Waals surface area contributed by atoms with Gasteiger partial charge < -0.3 is 10.3 Å². The first-order chi connectivity index (χ1) is 8.78. The van der Waals surface area contributed by atoms with Crippen LogP contribution in [0.5, 0.6) is 0 Å². The number of rotatable bonds is 6. The van der Waals surface area contributed by atoms with Crippen molar-refractivity contribution < 1.29 is 0 Å². The summed E-state index contributed by atoms with van der Waals surface area (Å²) in [5, 5.41) is 0. The molecule has 0 amide bonds. The van der Waals surface area contributed by atoms with E-state index in [9.17, 15) is 0 Å². The van der Waals surface area contributed by atoms with Gasteiger partial charge >= 0.3 is 0 Å². The zero-order valence-corrected chi connectivity index (χ0v) is 11.0. The summed E-state index contributed by atoms with van der Waals surface area (Å²) in [6, 6.07) is 13.1. The Morgan fingerprint density at radius 1 is 1.11 bits per heavy atom. The lowest BCUT2D eigenvalue weighted by molar-refractivity contribution is 0.642. The van der Waals surface area contributed by atoms with Gasteiger partial charge in [0.05, 0.1) is 0 Å². The van der Waals surface area contributed by atoms with Gasteiger partial charge in [0.1, 0.15) is 0 Å². The fourth-order valence-electron chi connectivity index (χ4n) is 2.10. The van der Waals surface area contributed by atoms with E-state index in [0.29, 0.717) is 0 Å². The summed E-state index contributed by atoms with van der Waals surface area (Å²) >= 11 is 0. The summed E-state index contributed by atoms with van der Waals surface area (Å²) in [5.41, 5.74) is 8.70. The SMILES string of the molecule is CCC(N)Cc1ccn(CCc2ccccc2)c1. The van der Waals surface area contributed by atoms with E-state index in [1.807, 2.05) is 0 Å². The van der Waals surface area contributed by atoms with Crippen LogP contribution in [0.2, 0.25) is 0 Å². The van der Waals surface area contributed by atoms with Crippen LogP contribution in [0, 0.1) is 0 Å². The van der Waals surface area contributed by atoms with Crippen LogP contribution in [0.3, 0.4) is 0 Å². The van der Waals surface area contributed by atoms with Crippen LogP contribution in [-0.4, -0.2) is 10.6 Å². The van der Waals surface area contributed by atoms with Gasteiger partial charge in [-0.2, -0.15) is 0 Å². The molecular formula is C16H22N2. The smallest absolute Gasteiger partial charge is 0.0260 e. The first kappa shape index (κ1) is 12.9. The third-order valence-electron chi connectivity index (χ3n) is 3.34. The van der Waals surface area contributed by atoms with Crippen LogP contribution in [0.4, 0.5) is 0 Å². The monoisotopic (exact) mass is 242 g/mol. The average molecular weight is 242 g/mol. The van der Waals surface area contributed by atoms with Crippen LogP contribution >= 0.6 is 0 Å². The zero-order valence-electron chi connectivity index (χ0n) is 11.0. The van der Waals surface area contributed by atoms with E-state index in [0.717, 1.165) is 25.8 Å². The molecule has 0 aliphatic rings. The Bertz CT molecular complexity index is 459. The van der Waals surface area contributed by atoms with Crippen LogP contribution in [0.1, 0.15) is 24.5 Å². The van der Waals surface area contributed by atoms with E-state index in [1.54, 1.807) is 0 Å². The van der Waals surface area contributed by atoms with Gasteiger partial charge in [-0.25, -0.2) is 0 Å². The predicted molar refractivity (Wildman–Crippen MR) is 76.5 cm³/mol. The van der Waals surface area contributed by atoms with Gasteiger partial charge in [0, 0.05) is 25.0 Å². The molecule has 0 saturated carbocycles. The third kappa shape index (κ3) is 3.74. The molecule has 0 aliphatic carbocycles. The van der Waals surface area contributed by atoms with Gasteiger partial charge in [0.2, 0.25) is 0 Å². The summed E-state index contributed by atoms with van der Waals surface area (Å²) < 4.78 is 2.25. The van der Waals surface area contributed by atoms with Crippen molar-refractivity contribution in [2.75, 3.05) is 0 Å². The summed E-state index contributed by atoms with van der Waals surface area (Å²) in [6.07, 6.45) is 7.47. The molecule has 1 unspecified atom stereocenters. The van der Waals surface area contributed by atoms with Gasteiger partial charge in [-0.3, -0.25) is 0 Å². The van der Waals surface area contributed by atoms with Crippen molar-refractivity contribution in [3.63, 3.8) is 0 Å². The minimum absolute atomic E-state index is 0.287. The molecule has 0 aliphatic heterocycles. The minimum Gasteiger partial charge on any atom is -0.354 e. The number of aromatic nitrogens is 1. The van der Waals surface area contributed by atoms with E-state index in [2.05, 4.69) is 60.3 Å². The number of benzene rings is 1. The largest absolute Gasteiger partial charge is 0.354 e. The van der Waals surface area contributed by atoms with E-state index in [4.69, 9.17) is 5.73 Å². The van der Waals surface area contributed by atoms with Crippen molar-refractivity contribution in [2.45, 2.75) is 38.8 Å².